The average Bonchev–Trinajstić information content (AvgIpc) is 2.52. The number of aliphatic carboxylic acids is 1. The van der Waals surface area contributed by atoms with Crippen LogP contribution in [-0.2, 0) is 14.4 Å². The largest absolute Gasteiger partial charge is 0.480 e. The van der Waals surface area contributed by atoms with Crippen LogP contribution in [0.3, 0.4) is 0 Å². The Morgan fingerprint density at radius 3 is 2.06 bits per heavy atom. The number of carbonyl (C=O) groups excluding carboxylic acids is 2. The van der Waals surface area contributed by atoms with Crippen LogP contribution in [0, 0.1) is 11.8 Å². The lowest BCUT2D eigenvalue weighted by atomic mass is 9.81. The number of fused-ring (bicyclic) bond motifs is 1. The molecule has 0 unspecified atom stereocenters. The summed E-state index contributed by atoms with van der Waals surface area (Å²) in [5, 5.41) is 8.87. The zero-order valence-corrected chi connectivity index (χ0v) is 9.18. The summed E-state index contributed by atoms with van der Waals surface area (Å²) in [4.78, 5) is 35.7. The van der Waals surface area contributed by atoms with E-state index < -0.39 is 12.0 Å². The van der Waals surface area contributed by atoms with Crippen LogP contribution in [0.2, 0.25) is 0 Å². The molecule has 0 aromatic rings. The first-order chi connectivity index (χ1) is 7.54. The van der Waals surface area contributed by atoms with Crippen LogP contribution in [0.4, 0.5) is 0 Å². The van der Waals surface area contributed by atoms with Gasteiger partial charge in [-0.05, 0) is 19.8 Å². The molecule has 1 saturated carbocycles. The Morgan fingerprint density at radius 2 is 1.69 bits per heavy atom. The molecular formula is C11H15NO4. The topological polar surface area (TPSA) is 74.7 Å². The van der Waals surface area contributed by atoms with E-state index in [0.717, 1.165) is 30.6 Å². The van der Waals surface area contributed by atoms with Gasteiger partial charge in [0.25, 0.3) is 0 Å². The van der Waals surface area contributed by atoms with E-state index in [4.69, 9.17) is 5.11 Å². The van der Waals surface area contributed by atoms with Crippen molar-refractivity contribution < 1.29 is 19.5 Å². The third-order valence-corrected chi connectivity index (χ3v) is 3.62. The molecule has 16 heavy (non-hydrogen) atoms. The van der Waals surface area contributed by atoms with Gasteiger partial charge in [-0.15, -0.1) is 0 Å². The standard InChI is InChI=1S/C11H15NO4/c1-6(11(15)16)12-9(13)7-4-2-3-5-8(7)10(12)14/h6-8H,2-5H2,1H3,(H,15,16)/t6-,7-,8-/m1/s1. The van der Waals surface area contributed by atoms with Gasteiger partial charge in [0.15, 0.2) is 0 Å². The van der Waals surface area contributed by atoms with Crippen LogP contribution in [0.5, 0.6) is 0 Å². The Hall–Kier alpha value is -1.39. The maximum absolute atomic E-state index is 11.9. The minimum absolute atomic E-state index is 0.261. The van der Waals surface area contributed by atoms with E-state index >= 15 is 0 Å². The normalized spacial score (nSPS) is 31.4. The predicted octanol–water partition coefficient (Wildman–Crippen LogP) is 0.635. The quantitative estimate of drug-likeness (QED) is 0.699. The maximum atomic E-state index is 11.9. The molecule has 1 aliphatic heterocycles. The van der Waals surface area contributed by atoms with Gasteiger partial charge in [-0.1, -0.05) is 12.8 Å². The van der Waals surface area contributed by atoms with Gasteiger partial charge in [0.1, 0.15) is 6.04 Å². The second-order valence-corrected chi connectivity index (χ2v) is 4.56. The fraction of sp³-hybridized carbons (Fsp3) is 0.727. The first kappa shape index (κ1) is 11.1. The first-order valence-corrected chi connectivity index (χ1v) is 5.63. The molecule has 3 atom stereocenters. The Bertz CT molecular complexity index is 328. The molecule has 0 radical (unpaired) electrons. The summed E-state index contributed by atoms with van der Waals surface area (Å²) in [7, 11) is 0. The first-order valence-electron chi connectivity index (χ1n) is 5.63. The third-order valence-electron chi connectivity index (χ3n) is 3.62. The lowest BCUT2D eigenvalue weighted by molar-refractivity contribution is -0.154. The smallest absolute Gasteiger partial charge is 0.326 e. The Labute approximate surface area is 93.4 Å². The summed E-state index contributed by atoms with van der Waals surface area (Å²) in [6.07, 6.45) is 3.35. The van der Waals surface area contributed by atoms with E-state index in [-0.39, 0.29) is 23.7 Å². The summed E-state index contributed by atoms with van der Waals surface area (Å²) < 4.78 is 0. The summed E-state index contributed by atoms with van der Waals surface area (Å²) in [6.45, 7) is 1.38. The van der Waals surface area contributed by atoms with E-state index in [0.29, 0.717) is 0 Å². The zero-order chi connectivity index (χ0) is 11.9. The SMILES string of the molecule is C[C@H](C(=O)O)N1C(=O)[C@@H]2CCCC[C@H]2C1=O. The van der Waals surface area contributed by atoms with Crippen LogP contribution in [0.25, 0.3) is 0 Å². The van der Waals surface area contributed by atoms with Crippen LogP contribution in [0.15, 0.2) is 0 Å². The van der Waals surface area contributed by atoms with Gasteiger partial charge in [0.2, 0.25) is 11.8 Å². The monoisotopic (exact) mass is 225 g/mol. The molecule has 5 heteroatoms. The fourth-order valence-electron chi connectivity index (χ4n) is 2.68. The number of carbonyl (C=O) groups is 3. The van der Waals surface area contributed by atoms with Crippen molar-refractivity contribution in [1.29, 1.82) is 0 Å². The van der Waals surface area contributed by atoms with Gasteiger partial charge >= 0.3 is 5.97 Å². The van der Waals surface area contributed by atoms with E-state index in [2.05, 4.69) is 0 Å². The molecule has 0 aromatic carbocycles. The number of carboxylic acid groups (broad SMARTS) is 1. The molecule has 88 valence electrons. The van der Waals surface area contributed by atoms with E-state index in [1.54, 1.807) is 0 Å². The van der Waals surface area contributed by atoms with Crippen LogP contribution >= 0.6 is 0 Å². The van der Waals surface area contributed by atoms with Crippen molar-refractivity contribution in [3.05, 3.63) is 0 Å². The van der Waals surface area contributed by atoms with Gasteiger partial charge in [-0.25, -0.2) is 4.79 Å². The van der Waals surface area contributed by atoms with E-state index in [9.17, 15) is 14.4 Å². The van der Waals surface area contributed by atoms with Gasteiger partial charge in [0, 0.05) is 0 Å². The van der Waals surface area contributed by atoms with Crippen molar-refractivity contribution in [2.75, 3.05) is 0 Å². The second kappa shape index (κ2) is 3.88. The molecule has 2 aliphatic rings. The van der Waals surface area contributed by atoms with Crippen molar-refractivity contribution in [3.8, 4) is 0 Å². The lowest BCUT2D eigenvalue weighted by Crippen LogP contribution is -2.43. The molecule has 0 spiro atoms. The summed E-state index contributed by atoms with van der Waals surface area (Å²) >= 11 is 0. The number of nitrogens with zero attached hydrogens (tertiary/aromatic N) is 1. The Balaban J connectivity index is 2.25. The highest BCUT2D eigenvalue weighted by Crippen LogP contribution is 2.38. The highest BCUT2D eigenvalue weighted by Gasteiger charge is 2.50. The number of likely N-dealkylation sites (tertiary alicyclic amines) is 1. The van der Waals surface area contributed by atoms with Gasteiger partial charge < -0.3 is 5.11 Å². The molecule has 1 saturated heterocycles. The number of hydrogen-bond acceptors (Lipinski definition) is 3. The van der Waals surface area contributed by atoms with Gasteiger partial charge in [0.05, 0.1) is 11.8 Å². The number of imide groups is 1. The Morgan fingerprint density at radius 1 is 1.25 bits per heavy atom. The minimum Gasteiger partial charge on any atom is -0.480 e. The molecule has 1 N–H and O–H groups in total. The highest BCUT2D eigenvalue weighted by molar-refractivity contribution is 6.07. The molecule has 5 nitrogen and oxygen atoms in total. The minimum atomic E-state index is -1.12. The molecule has 2 rings (SSSR count). The second-order valence-electron chi connectivity index (χ2n) is 4.56. The molecule has 1 heterocycles. The fourth-order valence-corrected chi connectivity index (χ4v) is 2.68. The predicted molar refractivity (Wildman–Crippen MR) is 54.4 cm³/mol. The number of carboxylic acids is 1. The average molecular weight is 225 g/mol. The van der Waals surface area contributed by atoms with Crippen molar-refractivity contribution in [2.24, 2.45) is 11.8 Å². The van der Waals surface area contributed by atoms with Crippen molar-refractivity contribution >= 4 is 17.8 Å². The molecular weight excluding hydrogens is 210 g/mol. The number of rotatable bonds is 2. The zero-order valence-electron chi connectivity index (χ0n) is 9.18. The molecule has 0 aromatic heterocycles. The van der Waals surface area contributed by atoms with E-state index in [1.807, 2.05) is 0 Å². The number of amides is 2. The summed E-state index contributed by atoms with van der Waals surface area (Å²) in [5.74, 6) is -2.22. The lowest BCUT2D eigenvalue weighted by Gasteiger charge is -2.19. The molecule has 2 amide bonds. The third kappa shape index (κ3) is 1.50. The van der Waals surface area contributed by atoms with Crippen LogP contribution < -0.4 is 0 Å². The Kier molecular flexibility index (Phi) is 2.69. The molecule has 2 fully saturated rings. The maximum Gasteiger partial charge on any atom is 0.326 e. The van der Waals surface area contributed by atoms with Crippen molar-refractivity contribution in [3.63, 3.8) is 0 Å². The molecule has 0 bridgehead atoms. The van der Waals surface area contributed by atoms with Crippen LogP contribution in [0.1, 0.15) is 32.6 Å². The number of hydrogen-bond donors (Lipinski definition) is 1. The highest BCUT2D eigenvalue weighted by atomic mass is 16.4. The van der Waals surface area contributed by atoms with Crippen LogP contribution in [-0.4, -0.2) is 33.8 Å². The molecule has 1 aliphatic carbocycles. The summed E-state index contributed by atoms with van der Waals surface area (Å²) in [6, 6.07) is -1.04. The van der Waals surface area contributed by atoms with Crippen molar-refractivity contribution in [2.45, 2.75) is 38.6 Å². The summed E-state index contributed by atoms with van der Waals surface area (Å²) in [5.41, 5.74) is 0. The van der Waals surface area contributed by atoms with Gasteiger partial charge in [-0.2, -0.15) is 0 Å². The van der Waals surface area contributed by atoms with Crippen molar-refractivity contribution in [1.82, 2.24) is 4.90 Å². The van der Waals surface area contributed by atoms with Gasteiger partial charge in [-0.3, -0.25) is 14.5 Å². The van der Waals surface area contributed by atoms with E-state index in [1.165, 1.54) is 6.92 Å².